The summed E-state index contributed by atoms with van der Waals surface area (Å²) in [5.41, 5.74) is 0.752. The van der Waals surface area contributed by atoms with E-state index in [9.17, 15) is 23.3 Å². The van der Waals surface area contributed by atoms with Gasteiger partial charge in [0.25, 0.3) is 5.69 Å². The third-order valence-electron chi connectivity index (χ3n) is 4.99. The highest BCUT2D eigenvalue weighted by molar-refractivity contribution is 7.89. The van der Waals surface area contributed by atoms with Gasteiger partial charge in [0.1, 0.15) is 0 Å². The van der Waals surface area contributed by atoms with Gasteiger partial charge in [0.15, 0.2) is 0 Å². The van der Waals surface area contributed by atoms with Crippen molar-refractivity contribution in [2.45, 2.75) is 37.8 Å². The van der Waals surface area contributed by atoms with Crippen LogP contribution in [0.25, 0.3) is 0 Å². The number of aryl methyl sites for hydroxylation is 1. The standard InChI is InChI=1S/C18H23N5O5S/c1-2-21-13-14(12-20-21)11-19-18(24)15-7-9-22(10-8-15)29(27,28)17-5-3-16(4-6-17)23(25)26/h3-6,12-13,15H,2,7-11H2,1H3,(H,19,24). The van der Waals surface area contributed by atoms with Crippen LogP contribution in [-0.4, -0.2) is 46.4 Å². The maximum atomic E-state index is 12.7. The maximum absolute atomic E-state index is 12.7. The number of carbonyl (C=O) groups is 1. The summed E-state index contributed by atoms with van der Waals surface area (Å²) in [5.74, 6) is -0.346. The fraction of sp³-hybridized carbons (Fsp3) is 0.444. The highest BCUT2D eigenvalue weighted by atomic mass is 32.2. The molecule has 1 aliphatic heterocycles. The van der Waals surface area contributed by atoms with Crippen LogP contribution < -0.4 is 5.32 Å². The number of non-ortho nitro benzene ring substituents is 1. The topological polar surface area (TPSA) is 127 Å². The van der Waals surface area contributed by atoms with E-state index < -0.39 is 14.9 Å². The maximum Gasteiger partial charge on any atom is 0.269 e. The number of rotatable bonds is 7. The molecule has 1 aromatic heterocycles. The lowest BCUT2D eigenvalue weighted by atomic mass is 9.97. The van der Waals surface area contributed by atoms with Gasteiger partial charge in [0, 0.05) is 56.0 Å². The van der Waals surface area contributed by atoms with Gasteiger partial charge in [-0.3, -0.25) is 19.6 Å². The Hall–Kier alpha value is -2.79. The van der Waals surface area contributed by atoms with Gasteiger partial charge in [0.05, 0.1) is 16.0 Å². The zero-order valence-corrected chi connectivity index (χ0v) is 16.8. The molecule has 1 aromatic carbocycles. The molecule has 0 unspecified atom stereocenters. The second kappa shape index (κ2) is 8.70. The number of benzene rings is 1. The van der Waals surface area contributed by atoms with Crippen LogP contribution in [0.2, 0.25) is 0 Å². The molecule has 2 heterocycles. The van der Waals surface area contributed by atoms with Crippen molar-refractivity contribution < 1.29 is 18.1 Å². The van der Waals surface area contributed by atoms with Gasteiger partial charge < -0.3 is 5.32 Å². The predicted octanol–water partition coefficient (Wildman–Crippen LogP) is 1.53. The molecule has 0 radical (unpaired) electrons. The van der Waals surface area contributed by atoms with Crippen LogP contribution in [0.15, 0.2) is 41.6 Å². The average Bonchev–Trinajstić information content (AvgIpc) is 3.20. The summed E-state index contributed by atoms with van der Waals surface area (Å²) in [5, 5.41) is 17.8. The Morgan fingerprint density at radius 2 is 1.93 bits per heavy atom. The monoisotopic (exact) mass is 421 g/mol. The zero-order valence-electron chi connectivity index (χ0n) is 16.0. The first kappa shape index (κ1) is 20.9. The molecule has 0 atom stereocenters. The molecule has 1 saturated heterocycles. The minimum absolute atomic E-state index is 0.0129. The number of amides is 1. The van der Waals surface area contributed by atoms with Gasteiger partial charge in [-0.1, -0.05) is 0 Å². The molecule has 11 heteroatoms. The molecule has 1 N–H and O–H groups in total. The molecule has 29 heavy (non-hydrogen) atoms. The number of hydrogen-bond donors (Lipinski definition) is 1. The van der Waals surface area contributed by atoms with E-state index in [1.807, 2.05) is 13.1 Å². The number of carbonyl (C=O) groups excluding carboxylic acids is 1. The third kappa shape index (κ3) is 4.80. The lowest BCUT2D eigenvalue weighted by molar-refractivity contribution is -0.384. The molecule has 1 aliphatic rings. The first-order valence-electron chi connectivity index (χ1n) is 9.35. The highest BCUT2D eigenvalue weighted by Gasteiger charge is 2.32. The smallest absolute Gasteiger partial charge is 0.269 e. The fourth-order valence-corrected chi connectivity index (χ4v) is 4.72. The molecule has 3 rings (SSSR count). The van der Waals surface area contributed by atoms with Crippen molar-refractivity contribution >= 4 is 21.6 Å². The van der Waals surface area contributed by atoms with Gasteiger partial charge in [-0.15, -0.1) is 0 Å². The quantitative estimate of drug-likeness (QED) is 0.533. The van der Waals surface area contributed by atoms with Crippen LogP contribution in [0.1, 0.15) is 25.3 Å². The van der Waals surface area contributed by atoms with Crippen molar-refractivity contribution in [1.82, 2.24) is 19.4 Å². The average molecular weight is 421 g/mol. The first-order chi connectivity index (χ1) is 13.8. The number of aromatic nitrogens is 2. The van der Waals surface area contributed by atoms with Crippen LogP contribution in [0.3, 0.4) is 0 Å². The van der Waals surface area contributed by atoms with Crippen molar-refractivity contribution in [3.63, 3.8) is 0 Å². The molecule has 10 nitrogen and oxygen atoms in total. The molecule has 1 fully saturated rings. The SMILES string of the molecule is CCn1cc(CNC(=O)C2CCN(S(=O)(=O)c3ccc([N+](=O)[O-])cc3)CC2)cn1. The number of nitro groups is 1. The molecule has 0 spiro atoms. The van der Waals surface area contributed by atoms with Gasteiger partial charge >= 0.3 is 0 Å². The highest BCUT2D eigenvalue weighted by Crippen LogP contribution is 2.25. The zero-order chi connectivity index (χ0) is 21.0. The van der Waals surface area contributed by atoms with Crippen LogP contribution >= 0.6 is 0 Å². The Bertz CT molecular complexity index is 978. The summed E-state index contributed by atoms with van der Waals surface area (Å²) in [6.45, 7) is 3.58. The lowest BCUT2D eigenvalue weighted by Gasteiger charge is -2.30. The predicted molar refractivity (Wildman–Crippen MR) is 104 cm³/mol. The summed E-state index contributed by atoms with van der Waals surface area (Å²) in [7, 11) is -3.74. The molecular formula is C18H23N5O5S. The van der Waals surface area contributed by atoms with E-state index in [-0.39, 0.29) is 35.5 Å². The van der Waals surface area contributed by atoms with E-state index in [1.165, 1.54) is 28.6 Å². The Balaban J connectivity index is 1.54. The third-order valence-corrected chi connectivity index (χ3v) is 6.90. The number of nitro benzene ring substituents is 1. The van der Waals surface area contributed by atoms with Crippen LogP contribution in [0.4, 0.5) is 5.69 Å². The van der Waals surface area contributed by atoms with Gasteiger partial charge in [0.2, 0.25) is 15.9 Å². The summed E-state index contributed by atoms with van der Waals surface area (Å²) >= 11 is 0. The number of sulfonamides is 1. The minimum atomic E-state index is -3.74. The number of nitrogens with one attached hydrogen (secondary N) is 1. The number of piperidine rings is 1. The second-order valence-electron chi connectivity index (χ2n) is 6.85. The largest absolute Gasteiger partial charge is 0.352 e. The van der Waals surface area contributed by atoms with E-state index in [4.69, 9.17) is 0 Å². The Kier molecular flexibility index (Phi) is 6.28. The number of nitrogens with zero attached hydrogens (tertiary/aromatic N) is 4. The fourth-order valence-electron chi connectivity index (χ4n) is 3.25. The summed E-state index contributed by atoms with van der Waals surface area (Å²) < 4.78 is 28.6. The lowest BCUT2D eigenvalue weighted by Crippen LogP contribution is -2.42. The Labute approximate surface area is 168 Å². The van der Waals surface area contributed by atoms with E-state index in [0.29, 0.717) is 19.4 Å². The Morgan fingerprint density at radius 1 is 1.28 bits per heavy atom. The van der Waals surface area contributed by atoms with Gasteiger partial charge in [-0.05, 0) is 31.9 Å². The summed E-state index contributed by atoms with van der Waals surface area (Å²) in [6.07, 6.45) is 4.43. The van der Waals surface area contributed by atoms with Crippen molar-refractivity contribution in [3.8, 4) is 0 Å². The van der Waals surface area contributed by atoms with Crippen molar-refractivity contribution in [2.24, 2.45) is 5.92 Å². The van der Waals surface area contributed by atoms with E-state index in [1.54, 1.807) is 10.9 Å². The van der Waals surface area contributed by atoms with Gasteiger partial charge in [-0.25, -0.2) is 8.42 Å². The molecule has 0 bridgehead atoms. The Morgan fingerprint density at radius 3 is 2.48 bits per heavy atom. The van der Waals surface area contributed by atoms with Crippen LogP contribution in [0.5, 0.6) is 0 Å². The summed E-state index contributed by atoms with van der Waals surface area (Å²) in [6, 6.07) is 4.83. The molecular weight excluding hydrogens is 398 g/mol. The molecule has 1 amide bonds. The van der Waals surface area contributed by atoms with Gasteiger partial charge in [-0.2, -0.15) is 9.40 Å². The van der Waals surface area contributed by atoms with E-state index in [2.05, 4.69) is 10.4 Å². The van der Waals surface area contributed by atoms with E-state index in [0.717, 1.165) is 12.1 Å². The normalized spacial score (nSPS) is 15.9. The van der Waals surface area contributed by atoms with Crippen LogP contribution in [-0.2, 0) is 27.9 Å². The van der Waals surface area contributed by atoms with Crippen molar-refractivity contribution in [2.75, 3.05) is 13.1 Å². The molecule has 156 valence electrons. The van der Waals surface area contributed by atoms with E-state index >= 15 is 0 Å². The first-order valence-corrected chi connectivity index (χ1v) is 10.8. The molecule has 0 saturated carbocycles. The molecule has 0 aliphatic carbocycles. The van der Waals surface area contributed by atoms with Crippen LogP contribution in [0, 0.1) is 16.0 Å². The van der Waals surface area contributed by atoms with Crippen molar-refractivity contribution in [1.29, 1.82) is 0 Å². The molecule has 2 aromatic rings. The van der Waals surface area contributed by atoms with Crippen molar-refractivity contribution in [3.05, 3.63) is 52.3 Å². The number of hydrogen-bond acceptors (Lipinski definition) is 6. The summed E-state index contributed by atoms with van der Waals surface area (Å²) in [4.78, 5) is 22.6. The minimum Gasteiger partial charge on any atom is -0.352 e. The second-order valence-corrected chi connectivity index (χ2v) is 8.79.